The largest absolute Gasteiger partial charge is 0.505 e. The topological polar surface area (TPSA) is 126 Å². The van der Waals surface area contributed by atoms with Gasteiger partial charge in [-0.3, -0.25) is 14.9 Å². The van der Waals surface area contributed by atoms with Gasteiger partial charge >= 0.3 is 0 Å². The van der Waals surface area contributed by atoms with Crippen LogP contribution in [0.15, 0.2) is 83.0 Å². The zero-order valence-electron chi connectivity index (χ0n) is 18.4. The number of methoxy groups -OCH3 is 1. The van der Waals surface area contributed by atoms with E-state index in [1.54, 1.807) is 36.4 Å². The number of hydrogen-bond acceptors (Lipinski definition) is 7. The van der Waals surface area contributed by atoms with Gasteiger partial charge in [0.25, 0.3) is 11.6 Å². The van der Waals surface area contributed by atoms with Crippen LogP contribution in [0, 0.1) is 17.0 Å². The van der Waals surface area contributed by atoms with Crippen LogP contribution >= 0.6 is 0 Å². The average molecular weight is 456 g/mol. The Morgan fingerprint density at radius 3 is 2.50 bits per heavy atom. The molecule has 0 radical (unpaired) electrons. The van der Waals surface area contributed by atoms with Gasteiger partial charge < -0.3 is 15.2 Å². The maximum atomic E-state index is 13.0. The number of non-ortho nitro benzene ring substituents is 1. The zero-order chi connectivity index (χ0) is 24.2. The Morgan fingerprint density at radius 1 is 1.03 bits per heavy atom. The lowest BCUT2D eigenvalue weighted by molar-refractivity contribution is -0.384. The molecule has 0 saturated heterocycles. The molecular weight excluding hydrogens is 436 g/mol. The van der Waals surface area contributed by atoms with Gasteiger partial charge in [0.15, 0.2) is 11.5 Å². The van der Waals surface area contributed by atoms with E-state index in [0.29, 0.717) is 16.5 Å². The third kappa shape index (κ3) is 4.40. The van der Waals surface area contributed by atoms with Gasteiger partial charge in [-0.1, -0.05) is 42.5 Å². The fourth-order valence-corrected chi connectivity index (χ4v) is 3.46. The number of aryl methyl sites for hydroxylation is 1. The van der Waals surface area contributed by atoms with Crippen molar-refractivity contribution in [3.05, 3.63) is 94.0 Å². The highest BCUT2D eigenvalue weighted by Crippen LogP contribution is 2.41. The number of fused-ring (bicyclic) bond motifs is 1. The zero-order valence-corrected chi connectivity index (χ0v) is 18.4. The summed E-state index contributed by atoms with van der Waals surface area (Å²) in [7, 11) is 1.36. The molecule has 0 fully saturated rings. The average Bonchev–Trinajstić information content (AvgIpc) is 2.84. The van der Waals surface area contributed by atoms with E-state index in [4.69, 9.17) is 4.74 Å². The first-order valence-electron chi connectivity index (χ1n) is 10.2. The molecular formula is C25H20N4O5. The summed E-state index contributed by atoms with van der Waals surface area (Å²) < 4.78 is 5.20. The van der Waals surface area contributed by atoms with Crippen LogP contribution in [-0.4, -0.2) is 23.0 Å². The molecule has 0 aliphatic carbocycles. The molecule has 9 heteroatoms. The molecule has 0 saturated carbocycles. The van der Waals surface area contributed by atoms with Gasteiger partial charge in [-0.2, -0.15) is 0 Å². The summed E-state index contributed by atoms with van der Waals surface area (Å²) in [5.74, 6) is -0.688. The summed E-state index contributed by atoms with van der Waals surface area (Å²) in [6, 6.07) is 19.9. The van der Waals surface area contributed by atoms with Gasteiger partial charge in [0.2, 0.25) is 0 Å². The second kappa shape index (κ2) is 9.37. The number of amides is 1. The SMILES string of the molecule is COc1cc([N+](=O)[O-])ccc1N=Nc1c(O)c(C(=O)Nc2ccccc2C)cc2ccccc12. The standard InChI is InChI=1S/C25H20N4O5/c1-15-7-3-6-10-20(15)26-25(31)19-13-16-8-4-5-9-18(16)23(24(19)30)28-27-21-12-11-17(29(32)33)14-22(21)34-2/h3-14,30H,1-2H3,(H,26,31). The van der Waals surface area contributed by atoms with Gasteiger partial charge in [-0.25, -0.2) is 0 Å². The number of benzene rings is 4. The molecule has 4 aromatic rings. The highest BCUT2D eigenvalue weighted by Gasteiger charge is 2.19. The Kier molecular flexibility index (Phi) is 6.18. The summed E-state index contributed by atoms with van der Waals surface area (Å²) in [6.07, 6.45) is 0. The number of hydrogen-bond donors (Lipinski definition) is 2. The minimum atomic E-state index is -0.542. The number of nitrogens with one attached hydrogen (secondary N) is 1. The fourth-order valence-electron chi connectivity index (χ4n) is 3.46. The Labute approximate surface area is 194 Å². The molecule has 0 spiro atoms. The molecule has 0 aliphatic heterocycles. The lowest BCUT2D eigenvalue weighted by Gasteiger charge is -2.12. The van der Waals surface area contributed by atoms with Crippen LogP contribution in [0.1, 0.15) is 15.9 Å². The quantitative estimate of drug-likeness (QED) is 0.196. The molecule has 0 heterocycles. The second-order valence-corrected chi connectivity index (χ2v) is 7.42. The lowest BCUT2D eigenvalue weighted by Crippen LogP contribution is -2.13. The molecule has 0 aromatic heterocycles. The van der Waals surface area contributed by atoms with Gasteiger partial charge in [0.1, 0.15) is 11.4 Å². The number of phenolic OH excluding ortho intramolecular Hbond substituents is 1. The molecule has 4 aromatic carbocycles. The molecule has 9 nitrogen and oxygen atoms in total. The van der Waals surface area contributed by atoms with E-state index < -0.39 is 10.8 Å². The fraction of sp³-hybridized carbons (Fsp3) is 0.0800. The number of carbonyl (C=O) groups excluding carboxylic acids is 1. The van der Waals surface area contributed by atoms with Crippen LogP contribution in [0.25, 0.3) is 10.8 Å². The summed E-state index contributed by atoms with van der Waals surface area (Å²) in [5, 5.41) is 34.4. The number of rotatable bonds is 6. The van der Waals surface area contributed by atoms with E-state index in [-0.39, 0.29) is 34.1 Å². The van der Waals surface area contributed by atoms with Crippen molar-refractivity contribution in [3.63, 3.8) is 0 Å². The van der Waals surface area contributed by atoms with Gasteiger partial charge in [-0.05, 0) is 36.1 Å². The van der Waals surface area contributed by atoms with Crippen LogP contribution in [0.2, 0.25) is 0 Å². The summed E-state index contributed by atoms with van der Waals surface area (Å²) in [5.41, 5.74) is 1.70. The smallest absolute Gasteiger partial charge is 0.273 e. The predicted octanol–water partition coefficient (Wildman–Crippen LogP) is 6.44. The highest BCUT2D eigenvalue weighted by atomic mass is 16.6. The number of anilines is 1. The molecule has 0 atom stereocenters. The van der Waals surface area contributed by atoms with Crippen LogP contribution in [0.3, 0.4) is 0 Å². The normalized spacial score (nSPS) is 11.0. The maximum absolute atomic E-state index is 13.0. The van der Waals surface area contributed by atoms with Crippen molar-refractivity contribution in [1.29, 1.82) is 0 Å². The number of ether oxygens (including phenoxy) is 1. The highest BCUT2D eigenvalue weighted by molar-refractivity contribution is 6.11. The van der Waals surface area contributed by atoms with Crippen molar-refractivity contribution < 1.29 is 19.6 Å². The number of nitro groups is 1. The molecule has 2 N–H and O–H groups in total. The number of nitrogens with zero attached hydrogens (tertiary/aromatic N) is 3. The van der Waals surface area contributed by atoms with Gasteiger partial charge in [-0.15, -0.1) is 10.2 Å². The molecule has 170 valence electrons. The van der Waals surface area contributed by atoms with E-state index in [9.17, 15) is 20.0 Å². The molecule has 34 heavy (non-hydrogen) atoms. The van der Waals surface area contributed by atoms with Crippen LogP contribution in [0.5, 0.6) is 11.5 Å². The Bertz CT molecular complexity index is 1450. The van der Waals surface area contributed by atoms with Crippen LogP contribution in [-0.2, 0) is 0 Å². The maximum Gasteiger partial charge on any atom is 0.273 e. The Hall–Kier alpha value is -4.79. The van der Waals surface area contributed by atoms with E-state index in [2.05, 4.69) is 15.5 Å². The van der Waals surface area contributed by atoms with Crippen LogP contribution < -0.4 is 10.1 Å². The summed E-state index contributed by atoms with van der Waals surface area (Å²) in [4.78, 5) is 23.5. The van der Waals surface area contributed by atoms with Gasteiger partial charge in [0.05, 0.1) is 23.7 Å². The third-order valence-corrected chi connectivity index (χ3v) is 5.26. The van der Waals surface area contributed by atoms with E-state index >= 15 is 0 Å². The first-order chi connectivity index (χ1) is 16.4. The first-order valence-corrected chi connectivity index (χ1v) is 10.2. The Morgan fingerprint density at radius 2 is 1.76 bits per heavy atom. The number of para-hydroxylation sites is 1. The molecule has 0 bridgehead atoms. The summed E-state index contributed by atoms with van der Waals surface area (Å²) in [6.45, 7) is 1.87. The van der Waals surface area contributed by atoms with Crippen molar-refractivity contribution >= 4 is 39.4 Å². The molecule has 1 amide bonds. The molecule has 0 aliphatic rings. The van der Waals surface area contributed by atoms with Gasteiger partial charge in [0, 0.05) is 17.1 Å². The van der Waals surface area contributed by atoms with Crippen molar-refractivity contribution in [2.75, 3.05) is 12.4 Å². The van der Waals surface area contributed by atoms with Crippen molar-refractivity contribution in [2.24, 2.45) is 10.2 Å². The number of azo groups is 1. The lowest BCUT2D eigenvalue weighted by atomic mass is 10.0. The number of aromatic hydroxyl groups is 1. The third-order valence-electron chi connectivity index (χ3n) is 5.26. The minimum Gasteiger partial charge on any atom is -0.505 e. The monoisotopic (exact) mass is 456 g/mol. The predicted molar refractivity (Wildman–Crippen MR) is 129 cm³/mol. The number of phenols is 1. The van der Waals surface area contributed by atoms with Crippen molar-refractivity contribution in [1.82, 2.24) is 0 Å². The first kappa shape index (κ1) is 22.4. The second-order valence-electron chi connectivity index (χ2n) is 7.42. The van der Waals surface area contributed by atoms with E-state index in [0.717, 1.165) is 5.56 Å². The van der Waals surface area contributed by atoms with E-state index in [1.165, 1.54) is 25.3 Å². The van der Waals surface area contributed by atoms with Crippen LogP contribution in [0.4, 0.5) is 22.7 Å². The van der Waals surface area contributed by atoms with Crippen molar-refractivity contribution in [3.8, 4) is 11.5 Å². The molecule has 0 unspecified atom stereocenters. The number of carbonyl (C=O) groups is 1. The van der Waals surface area contributed by atoms with E-state index in [1.807, 2.05) is 25.1 Å². The molecule has 4 rings (SSSR count). The summed E-state index contributed by atoms with van der Waals surface area (Å²) >= 11 is 0. The minimum absolute atomic E-state index is 0.0339. The number of nitro benzene ring substituents is 1. The Balaban J connectivity index is 1.79. The van der Waals surface area contributed by atoms with Crippen molar-refractivity contribution in [2.45, 2.75) is 6.92 Å².